The van der Waals surface area contributed by atoms with Gasteiger partial charge in [0.05, 0.1) is 24.7 Å². The van der Waals surface area contributed by atoms with E-state index in [1.54, 1.807) is 17.8 Å². The van der Waals surface area contributed by atoms with E-state index in [0.29, 0.717) is 18.1 Å². The number of benzene rings is 2. The summed E-state index contributed by atoms with van der Waals surface area (Å²) in [7, 11) is 0. The number of aryl methyl sites for hydroxylation is 1. The molecule has 9 heteroatoms. The third-order valence-electron chi connectivity index (χ3n) is 7.34. The average molecular weight is 529 g/mol. The van der Waals surface area contributed by atoms with Crippen LogP contribution in [-0.4, -0.2) is 33.2 Å². The zero-order chi connectivity index (χ0) is 26.9. The van der Waals surface area contributed by atoms with Crippen LogP contribution < -0.4 is 15.4 Å². The molecule has 0 bridgehead atoms. The summed E-state index contributed by atoms with van der Waals surface area (Å²) >= 11 is 0. The Labute approximate surface area is 225 Å². The number of nitrogens with zero attached hydrogens (tertiary/aromatic N) is 4. The number of hydrogen-bond acceptors (Lipinski definition) is 6. The number of anilines is 1. The van der Waals surface area contributed by atoms with Gasteiger partial charge in [-0.15, -0.1) is 0 Å². The minimum atomic E-state index is -0.665. The quantitative estimate of drug-likeness (QED) is 0.304. The van der Waals surface area contributed by atoms with Crippen molar-refractivity contribution in [3.05, 3.63) is 94.7 Å². The molecular formula is C30H30F2N6O. The van der Waals surface area contributed by atoms with Gasteiger partial charge in [0, 0.05) is 41.2 Å². The highest BCUT2D eigenvalue weighted by Crippen LogP contribution is 2.32. The first-order valence-corrected chi connectivity index (χ1v) is 13.3. The number of ether oxygens (including phenoxy) is 1. The molecule has 3 heterocycles. The van der Waals surface area contributed by atoms with Crippen LogP contribution in [0.2, 0.25) is 0 Å². The third-order valence-corrected chi connectivity index (χ3v) is 7.34. The Morgan fingerprint density at radius 3 is 2.74 bits per heavy atom. The smallest absolute Gasteiger partial charge is 0.157 e. The van der Waals surface area contributed by atoms with Crippen LogP contribution >= 0.6 is 0 Å². The lowest BCUT2D eigenvalue weighted by Crippen LogP contribution is -2.42. The Kier molecular flexibility index (Phi) is 6.72. The molecule has 1 aliphatic carbocycles. The summed E-state index contributed by atoms with van der Waals surface area (Å²) in [6.07, 6.45) is 7.80. The highest BCUT2D eigenvalue weighted by Gasteiger charge is 2.30. The highest BCUT2D eigenvalue weighted by atomic mass is 19.1. The van der Waals surface area contributed by atoms with Crippen molar-refractivity contribution in [3.63, 3.8) is 0 Å². The van der Waals surface area contributed by atoms with Crippen molar-refractivity contribution in [1.82, 2.24) is 20.1 Å². The fraction of sp³-hybridized carbons (Fsp3) is 0.300. The number of fused-ring (bicyclic) bond motifs is 2. The van der Waals surface area contributed by atoms with Crippen LogP contribution in [0.25, 0.3) is 10.9 Å². The molecule has 1 unspecified atom stereocenters. The summed E-state index contributed by atoms with van der Waals surface area (Å²) in [5.74, 6) is 0.304. The van der Waals surface area contributed by atoms with E-state index < -0.39 is 11.6 Å². The van der Waals surface area contributed by atoms with Gasteiger partial charge in [-0.1, -0.05) is 24.6 Å². The molecule has 1 atom stereocenters. The second-order valence-electron chi connectivity index (χ2n) is 9.91. The van der Waals surface area contributed by atoms with Gasteiger partial charge in [-0.3, -0.25) is 9.67 Å². The van der Waals surface area contributed by atoms with Crippen LogP contribution in [0.3, 0.4) is 0 Å². The van der Waals surface area contributed by atoms with E-state index in [0.717, 1.165) is 53.7 Å². The number of pyridine rings is 1. The Morgan fingerprint density at radius 1 is 1.13 bits per heavy atom. The maximum Gasteiger partial charge on any atom is 0.157 e. The molecular weight excluding hydrogens is 498 g/mol. The molecule has 2 aromatic carbocycles. The molecule has 0 radical (unpaired) electrons. The summed E-state index contributed by atoms with van der Waals surface area (Å²) in [6.45, 7) is 4.05. The van der Waals surface area contributed by atoms with Crippen LogP contribution in [0.4, 0.5) is 14.5 Å². The number of nitrogens with one attached hydrogen (secondary N) is 2. The minimum absolute atomic E-state index is 0.0658. The van der Waals surface area contributed by atoms with E-state index in [-0.39, 0.29) is 23.9 Å². The topological polar surface area (TPSA) is 76.4 Å². The van der Waals surface area contributed by atoms with E-state index in [9.17, 15) is 8.78 Å². The van der Waals surface area contributed by atoms with Crippen LogP contribution in [0.1, 0.15) is 49.4 Å². The zero-order valence-electron chi connectivity index (χ0n) is 22.0. The van der Waals surface area contributed by atoms with Crippen molar-refractivity contribution in [1.29, 1.82) is 0 Å². The van der Waals surface area contributed by atoms with Gasteiger partial charge in [-0.25, -0.2) is 13.8 Å². The van der Waals surface area contributed by atoms with Gasteiger partial charge in [-0.2, -0.15) is 5.10 Å². The first-order valence-electron chi connectivity index (χ1n) is 13.3. The van der Waals surface area contributed by atoms with Crippen LogP contribution in [0.5, 0.6) is 5.75 Å². The van der Waals surface area contributed by atoms with E-state index in [1.165, 1.54) is 17.7 Å². The summed E-state index contributed by atoms with van der Waals surface area (Å²) in [6, 6.07) is 12.2. The predicted octanol–water partition coefficient (Wildman–Crippen LogP) is 6.08. The largest absolute Gasteiger partial charge is 0.494 e. The number of amidine groups is 1. The maximum atomic E-state index is 14.9. The standard InChI is InChI=1S/C30H30F2N6O/c1-3-39-19-14-23(31)22(24(32)15-19)17-38-27-11-7-5-9-21(27)28(37-38)30-35-26-10-6-4-8-20(26)29(36-30)34-25-12-13-33-16-18(25)2/h5,7,9,11-16,26H,3-4,6,8,10,17H2,1-2H3,(H,33,34)(H,35,36). The lowest BCUT2D eigenvalue weighted by molar-refractivity contribution is 0.335. The van der Waals surface area contributed by atoms with Gasteiger partial charge in [0.1, 0.15) is 28.9 Å². The molecule has 2 N–H and O–H groups in total. The molecule has 6 rings (SSSR count). The molecule has 39 heavy (non-hydrogen) atoms. The van der Waals surface area contributed by atoms with Gasteiger partial charge in [0.25, 0.3) is 0 Å². The Morgan fingerprint density at radius 2 is 1.95 bits per heavy atom. The first-order chi connectivity index (χ1) is 19.0. The van der Waals surface area contributed by atoms with Crippen molar-refractivity contribution in [2.24, 2.45) is 4.99 Å². The van der Waals surface area contributed by atoms with Crippen LogP contribution in [0, 0.1) is 18.6 Å². The molecule has 4 aromatic rings. The summed E-state index contributed by atoms with van der Waals surface area (Å²) < 4.78 is 36.8. The molecule has 2 aromatic heterocycles. The van der Waals surface area contributed by atoms with Crippen molar-refractivity contribution in [2.75, 3.05) is 11.9 Å². The minimum Gasteiger partial charge on any atom is -0.494 e. The fourth-order valence-corrected chi connectivity index (χ4v) is 5.36. The maximum absolute atomic E-state index is 14.9. The summed E-state index contributed by atoms with van der Waals surface area (Å²) in [4.78, 5) is 9.23. The Hall–Kier alpha value is -4.27. The lowest BCUT2D eigenvalue weighted by atomic mass is 9.88. The number of halogens is 2. The number of aromatic nitrogens is 3. The third kappa shape index (κ3) is 4.84. The number of rotatable bonds is 7. The van der Waals surface area contributed by atoms with Gasteiger partial charge in [0.2, 0.25) is 0 Å². The number of para-hydroxylation sites is 1. The first kappa shape index (κ1) is 25.0. The van der Waals surface area contributed by atoms with E-state index in [4.69, 9.17) is 14.8 Å². The molecule has 7 nitrogen and oxygen atoms in total. The zero-order valence-corrected chi connectivity index (χ0v) is 22.0. The van der Waals surface area contributed by atoms with Crippen LogP contribution in [0.15, 0.2) is 71.2 Å². The van der Waals surface area contributed by atoms with Crippen LogP contribution in [-0.2, 0) is 6.54 Å². The van der Waals surface area contributed by atoms with Gasteiger partial charge in [-0.05, 0) is 56.4 Å². The highest BCUT2D eigenvalue weighted by molar-refractivity contribution is 6.09. The van der Waals surface area contributed by atoms with E-state index >= 15 is 0 Å². The van der Waals surface area contributed by atoms with E-state index in [2.05, 4.69) is 15.6 Å². The second kappa shape index (κ2) is 10.5. The molecule has 1 saturated carbocycles. The molecule has 0 amide bonds. The van der Waals surface area contributed by atoms with Crippen molar-refractivity contribution >= 4 is 22.4 Å². The summed E-state index contributed by atoms with van der Waals surface area (Å²) in [5.41, 5.74) is 4.58. The average Bonchev–Trinajstić information content (AvgIpc) is 3.30. The van der Waals surface area contributed by atoms with Gasteiger partial charge < -0.3 is 15.4 Å². The van der Waals surface area contributed by atoms with Crippen molar-refractivity contribution in [3.8, 4) is 5.75 Å². The summed E-state index contributed by atoms with van der Waals surface area (Å²) in [5, 5.41) is 12.9. The Bertz CT molecular complexity index is 1590. The lowest BCUT2D eigenvalue weighted by Gasteiger charge is -2.32. The SMILES string of the molecule is CCOc1cc(F)c(Cn2nc(C3=NC(Nc4ccncc4C)=C4CCCCC4N3)c3ccccc32)c(F)c1. The molecule has 1 aliphatic heterocycles. The van der Waals surface area contributed by atoms with Gasteiger partial charge in [0.15, 0.2) is 5.84 Å². The number of aliphatic imine (C=N–C) groups is 1. The number of hydrogen-bond donors (Lipinski definition) is 2. The van der Waals surface area contributed by atoms with Gasteiger partial charge >= 0.3 is 0 Å². The van der Waals surface area contributed by atoms with Crippen molar-refractivity contribution < 1.29 is 13.5 Å². The Balaban J connectivity index is 1.41. The second-order valence-corrected chi connectivity index (χ2v) is 9.91. The van der Waals surface area contributed by atoms with E-state index in [1.807, 2.05) is 43.5 Å². The molecule has 0 saturated heterocycles. The molecule has 1 fully saturated rings. The van der Waals surface area contributed by atoms with Crippen molar-refractivity contribution in [2.45, 2.75) is 52.1 Å². The predicted molar refractivity (Wildman–Crippen MR) is 148 cm³/mol. The monoisotopic (exact) mass is 528 g/mol. The molecule has 200 valence electrons. The molecule has 0 spiro atoms. The fourth-order valence-electron chi connectivity index (χ4n) is 5.36. The normalized spacial score (nSPS) is 17.0. The molecule has 2 aliphatic rings.